The van der Waals surface area contributed by atoms with Crippen molar-refractivity contribution in [2.75, 3.05) is 0 Å². The lowest BCUT2D eigenvalue weighted by atomic mass is 9.50. The van der Waals surface area contributed by atoms with E-state index in [0.29, 0.717) is 31.2 Å². The van der Waals surface area contributed by atoms with Gasteiger partial charge in [0.25, 0.3) is 0 Å². The maximum Gasteiger partial charge on any atom is 0.456 e. The van der Waals surface area contributed by atoms with Crippen LogP contribution in [0.15, 0.2) is 47.1 Å². The molecule has 4 aliphatic carbocycles. The number of aliphatic hydroxyl groups excluding tert-OH is 1. The van der Waals surface area contributed by atoms with E-state index in [1.165, 1.54) is 6.92 Å². The summed E-state index contributed by atoms with van der Waals surface area (Å²) in [6.45, 7) is 3.04. The van der Waals surface area contributed by atoms with Crippen molar-refractivity contribution in [3.05, 3.63) is 58.2 Å². The van der Waals surface area contributed by atoms with Gasteiger partial charge in [-0.05, 0) is 85.6 Å². The van der Waals surface area contributed by atoms with Gasteiger partial charge in [-0.2, -0.15) is 22.0 Å². The molecule has 8 heteroatoms. The zero-order chi connectivity index (χ0) is 26.3. The van der Waals surface area contributed by atoms with E-state index >= 15 is 0 Å². The fourth-order valence-corrected chi connectivity index (χ4v) is 7.72. The quantitative estimate of drug-likeness (QED) is 0.453. The second kappa shape index (κ2) is 8.22. The number of hydrogen-bond donors (Lipinski definition) is 2. The Morgan fingerprint density at radius 2 is 1.69 bits per heavy atom. The zero-order valence-corrected chi connectivity index (χ0v) is 20.3. The molecule has 196 valence electrons. The summed E-state index contributed by atoms with van der Waals surface area (Å²) in [7, 11) is 0. The van der Waals surface area contributed by atoms with Crippen molar-refractivity contribution in [2.24, 2.45) is 17.3 Å². The highest BCUT2D eigenvalue weighted by Crippen LogP contribution is 2.70. The second-order valence-electron chi connectivity index (χ2n) is 11.3. The summed E-state index contributed by atoms with van der Waals surface area (Å²) < 4.78 is 70.8. The number of fused-ring (bicyclic) bond motifs is 4. The third-order valence-electron chi connectivity index (χ3n) is 9.58. The molecule has 0 heterocycles. The Bertz CT molecular complexity index is 1130. The van der Waals surface area contributed by atoms with Crippen LogP contribution in [0, 0.1) is 17.3 Å². The molecule has 1 aromatic rings. The minimum atomic E-state index is -5.86. The predicted octanol–water partition coefficient (Wildman–Crippen LogP) is 6.57. The molecule has 3 nitrogen and oxygen atoms in total. The van der Waals surface area contributed by atoms with Crippen molar-refractivity contribution in [3.63, 3.8) is 0 Å². The van der Waals surface area contributed by atoms with Crippen LogP contribution in [0.2, 0.25) is 0 Å². The topological polar surface area (TPSA) is 57.5 Å². The number of alkyl halides is 5. The fraction of sp³-hybridized carbons (Fsp3) is 0.607. The van der Waals surface area contributed by atoms with Gasteiger partial charge in [0.2, 0.25) is 0 Å². The second-order valence-corrected chi connectivity index (χ2v) is 11.3. The molecule has 0 amide bonds. The van der Waals surface area contributed by atoms with Crippen LogP contribution < -0.4 is 0 Å². The SMILES string of the molecule is C[C@@H](O)c1ccc([C@H]2C[C@@]3(C)[C@@H](CC[C@@]3(O)C(F)(F)C(F)(F)F)[C@@H]3CCC4=CC(=O)CCC4=C32)cc1. The van der Waals surface area contributed by atoms with Crippen LogP contribution in [0.25, 0.3) is 0 Å². The Morgan fingerprint density at radius 3 is 2.31 bits per heavy atom. The molecule has 36 heavy (non-hydrogen) atoms. The molecule has 2 saturated carbocycles. The van der Waals surface area contributed by atoms with Gasteiger partial charge in [0, 0.05) is 17.8 Å². The normalized spacial score (nSPS) is 35.6. The van der Waals surface area contributed by atoms with Gasteiger partial charge < -0.3 is 10.2 Å². The highest BCUT2D eigenvalue weighted by molar-refractivity contribution is 5.93. The van der Waals surface area contributed by atoms with Gasteiger partial charge in [-0.1, -0.05) is 36.8 Å². The summed E-state index contributed by atoms with van der Waals surface area (Å²) >= 11 is 0. The van der Waals surface area contributed by atoms with E-state index in [0.717, 1.165) is 22.3 Å². The molecule has 2 fully saturated rings. The number of ketones is 1. The van der Waals surface area contributed by atoms with Crippen LogP contribution >= 0.6 is 0 Å². The van der Waals surface area contributed by atoms with Gasteiger partial charge in [-0.25, -0.2) is 0 Å². The first-order chi connectivity index (χ1) is 16.7. The van der Waals surface area contributed by atoms with Crippen LogP contribution in [-0.4, -0.2) is 33.7 Å². The Kier molecular flexibility index (Phi) is 5.84. The van der Waals surface area contributed by atoms with Crippen molar-refractivity contribution in [1.29, 1.82) is 0 Å². The molecule has 0 aromatic heterocycles. The van der Waals surface area contributed by atoms with Gasteiger partial charge >= 0.3 is 12.1 Å². The lowest BCUT2D eigenvalue weighted by Gasteiger charge is -2.56. The number of halogens is 5. The van der Waals surface area contributed by atoms with Crippen LogP contribution in [0.5, 0.6) is 0 Å². The third kappa shape index (κ3) is 3.46. The standard InChI is InChI=1S/C28H31F5O3/c1-15(34)16-3-5-17(6-4-16)22-14-25(2)23(11-12-26(25,36)27(29,30)28(31,32)33)21-9-7-18-13-19(35)8-10-20(18)24(21)22/h3-6,13,15,21-23,34,36H,7-12,14H2,1-2H3/t15-,21+,22-,23+,25+,26+/m1/s1. The van der Waals surface area contributed by atoms with Gasteiger partial charge in [0.05, 0.1) is 6.10 Å². The van der Waals surface area contributed by atoms with Gasteiger partial charge in [0.1, 0.15) is 5.60 Å². The molecule has 6 atom stereocenters. The monoisotopic (exact) mass is 510 g/mol. The first-order valence-corrected chi connectivity index (χ1v) is 12.6. The van der Waals surface area contributed by atoms with Gasteiger partial charge in [0.15, 0.2) is 5.78 Å². The maximum absolute atomic E-state index is 15.0. The maximum atomic E-state index is 15.0. The summed E-state index contributed by atoms with van der Waals surface area (Å²) in [6.07, 6.45) is -3.49. The predicted molar refractivity (Wildman–Crippen MR) is 123 cm³/mol. The van der Waals surface area contributed by atoms with Crippen LogP contribution in [-0.2, 0) is 4.79 Å². The fourth-order valence-electron chi connectivity index (χ4n) is 7.72. The number of aliphatic hydroxyl groups is 2. The van der Waals surface area contributed by atoms with Crippen molar-refractivity contribution >= 4 is 5.78 Å². The van der Waals surface area contributed by atoms with Crippen LogP contribution in [0.3, 0.4) is 0 Å². The summed E-state index contributed by atoms with van der Waals surface area (Å²) in [5.74, 6) is -6.44. The summed E-state index contributed by atoms with van der Waals surface area (Å²) in [5.41, 5.74) is -0.436. The average molecular weight is 511 g/mol. The highest BCUT2D eigenvalue weighted by Gasteiger charge is 2.79. The Morgan fingerprint density at radius 1 is 1.03 bits per heavy atom. The molecular weight excluding hydrogens is 479 g/mol. The molecule has 4 aliphatic rings. The van der Waals surface area contributed by atoms with Crippen LogP contribution in [0.1, 0.15) is 81.9 Å². The summed E-state index contributed by atoms with van der Waals surface area (Å²) in [6, 6.07) is 7.07. The van der Waals surface area contributed by atoms with Crippen molar-refractivity contribution in [1.82, 2.24) is 0 Å². The molecular formula is C28H31F5O3. The average Bonchev–Trinajstić information content (AvgIpc) is 3.09. The van der Waals surface area contributed by atoms with E-state index in [1.807, 2.05) is 0 Å². The Labute approximate surface area is 207 Å². The molecule has 0 bridgehead atoms. The summed E-state index contributed by atoms with van der Waals surface area (Å²) in [4.78, 5) is 12.1. The van der Waals surface area contributed by atoms with Gasteiger partial charge in [-0.3, -0.25) is 4.79 Å². The number of benzene rings is 1. The Hall–Kier alpha value is -2.06. The molecule has 1 aromatic carbocycles. The molecule has 0 radical (unpaired) electrons. The highest BCUT2D eigenvalue weighted by atomic mass is 19.4. The van der Waals surface area contributed by atoms with Crippen LogP contribution in [0.4, 0.5) is 22.0 Å². The third-order valence-corrected chi connectivity index (χ3v) is 9.58. The number of hydrogen-bond acceptors (Lipinski definition) is 3. The Balaban J connectivity index is 1.68. The number of carbonyl (C=O) groups is 1. The molecule has 5 rings (SSSR count). The van der Waals surface area contributed by atoms with Crippen molar-refractivity contribution in [2.45, 2.75) is 88.5 Å². The van der Waals surface area contributed by atoms with E-state index in [-0.39, 0.29) is 24.5 Å². The van der Waals surface area contributed by atoms with Gasteiger partial charge in [-0.15, -0.1) is 0 Å². The molecule has 0 aliphatic heterocycles. The largest absolute Gasteiger partial charge is 0.456 e. The van der Waals surface area contributed by atoms with E-state index in [9.17, 15) is 37.0 Å². The zero-order valence-electron chi connectivity index (χ0n) is 20.3. The lowest BCUT2D eigenvalue weighted by molar-refractivity contribution is -0.362. The van der Waals surface area contributed by atoms with E-state index < -0.39 is 47.5 Å². The van der Waals surface area contributed by atoms with E-state index in [4.69, 9.17) is 0 Å². The minimum Gasteiger partial charge on any atom is -0.389 e. The van der Waals surface area contributed by atoms with E-state index in [1.54, 1.807) is 37.3 Å². The minimum absolute atomic E-state index is 0.0475. The first-order valence-electron chi connectivity index (χ1n) is 12.6. The van der Waals surface area contributed by atoms with Crippen molar-refractivity contribution < 1.29 is 37.0 Å². The lowest BCUT2D eigenvalue weighted by Crippen LogP contribution is -2.65. The smallest absolute Gasteiger partial charge is 0.389 e. The molecule has 0 unspecified atom stereocenters. The first kappa shape index (κ1) is 25.6. The summed E-state index contributed by atoms with van der Waals surface area (Å²) in [5, 5.41) is 21.2. The number of carbonyl (C=O) groups excluding carboxylic acids is 1. The van der Waals surface area contributed by atoms with Crippen molar-refractivity contribution in [3.8, 4) is 0 Å². The number of rotatable bonds is 3. The molecule has 0 spiro atoms. The number of allylic oxidation sites excluding steroid dienone is 4. The van der Waals surface area contributed by atoms with E-state index in [2.05, 4.69) is 0 Å². The molecule has 2 N–H and O–H groups in total. The molecule has 0 saturated heterocycles.